The molecule has 0 bridgehead atoms. The highest BCUT2D eigenvalue weighted by Gasteiger charge is 2.64. The first-order valence-corrected chi connectivity index (χ1v) is 15.3. The minimum absolute atomic E-state index is 0.0373. The third kappa shape index (κ3) is 5.09. The van der Waals surface area contributed by atoms with E-state index in [9.17, 15) is 20.0 Å². The number of rotatable bonds is 11. The van der Waals surface area contributed by atoms with E-state index in [1.165, 1.54) is 14.2 Å². The van der Waals surface area contributed by atoms with Gasteiger partial charge in [-0.1, -0.05) is 91.9 Å². The predicted octanol–water partition coefficient (Wildman–Crippen LogP) is 5.58. The number of ether oxygens (including phenoxy) is 2. The first-order chi connectivity index (χ1) is 20.4. The molecule has 0 radical (unpaired) electrons. The molecule has 2 unspecified atom stereocenters. The Labute approximate surface area is 247 Å². The summed E-state index contributed by atoms with van der Waals surface area (Å²) >= 11 is 0. The maximum Gasteiger partial charge on any atom is 0.319 e. The molecule has 0 aliphatic heterocycles. The monoisotopic (exact) mass is 578 g/mol. The molecular weight excluding hydrogens is 545 g/mol. The average Bonchev–Trinajstić information content (AvgIpc) is 3.07. The van der Waals surface area contributed by atoms with Gasteiger partial charge in [0.2, 0.25) is 0 Å². The summed E-state index contributed by atoms with van der Waals surface area (Å²) in [5.74, 6) is -3.45. The van der Waals surface area contributed by atoms with Crippen molar-refractivity contribution in [1.82, 2.24) is 0 Å². The lowest BCUT2D eigenvalue weighted by molar-refractivity contribution is -0.148. The number of nitrogens with zero attached hydrogens (tertiary/aromatic N) is 1. The maximum absolute atomic E-state index is 14.2. The second-order valence-corrected chi connectivity index (χ2v) is 13.0. The van der Waals surface area contributed by atoms with Gasteiger partial charge in [0.25, 0.3) is 0 Å². The van der Waals surface area contributed by atoms with Crippen molar-refractivity contribution in [2.45, 2.75) is 18.8 Å². The Bertz CT molecular complexity index is 1490. The number of Topliss-reactive ketones (excluding diaryl/α,β-unsaturated/α-hetero) is 1. The standard InChI is InChI=1S/C35H32NO5P/c1-4-30(37)35(25-36,26-17-9-5-10-18-26)31(33(38)40-2)32(34(39)41-3)42(27-19-11-6-12-20-27,28-21-13-7-14-22-28)29-23-15-8-16-24-29/h5-24,31H,4H2,1-3H3/p+1/b34-32-. The van der Waals surface area contributed by atoms with Gasteiger partial charge < -0.3 is 14.6 Å². The number of benzene rings is 4. The first kappa shape index (κ1) is 30.2. The molecule has 0 saturated carbocycles. The second-order valence-electron chi connectivity index (χ2n) is 9.59. The van der Waals surface area contributed by atoms with Gasteiger partial charge in [0, 0.05) is 6.42 Å². The van der Waals surface area contributed by atoms with Crippen LogP contribution < -0.4 is 15.9 Å². The van der Waals surface area contributed by atoms with Gasteiger partial charge in [0.15, 0.2) is 22.4 Å². The molecule has 212 valence electrons. The lowest BCUT2D eigenvalue weighted by Crippen LogP contribution is -2.50. The molecule has 0 amide bonds. The highest BCUT2D eigenvalue weighted by atomic mass is 31.2. The van der Waals surface area contributed by atoms with Crippen molar-refractivity contribution in [2.24, 2.45) is 5.92 Å². The SMILES string of the molecule is CCC(=O)C(C#N)(c1ccccc1)C(C(=O)OC)/C(=C(\O)OC)[P+](c1ccccc1)(c1ccccc1)c1ccccc1. The van der Waals surface area contributed by atoms with Crippen LogP contribution >= 0.6 is 7.26 Å². The molecule has 0 fully saturated rings. The van der Waals surface area contributed by atoms with Crippen LogP contribution in [-0.2, 0) is 24.5 Å². The molecule has 42 heavy (non-hydrogen) atoms. The highest BCUT2D eigenvalue weighted by Crippen LogP contribution is 2.67. The molecule has 4 aromatic carbocycles. The van der Waals surface area contributed by atoms with Gasteiger partial charge in [-0.25, -0.2) is 0 Å². The first-order valence-electron chi connectivity index (χ1n) is 13.5. The van der Waals surface area contributed by atoms with Crippen molar-refractivity contribution in [1.29, 1.82) is 5.26 Å². The molecule has 4 aromatic rings. The van der Waals surface area contributed by atoms with Gasteiger partial charge in [0.05, 0.1) is 20.3 Å². The number of ketones is 1. The van der Waals surface area contributed by atoms with Gasteiger partial charge in [-0.15, -0.1) is 0 Å². The van der Waals surface area contributed by atoms with Crippen LogP contribution in [0.2, 0.25) is 0 Å². The number of hydrogen-bond acceptors (Lipinski definition) is 6. The largest absolute Gasteiger partial charge is 0.478 e. The molecule has 0 spiro atoms. The molecule has 0 heterocycles. The molecule has 2 atom stereocenters. The summed E-state index contributed by atoms with van der Waals surface area (Å²) < 4.78 is 11.0. The zero-order valence-corrected chi connectivity index (χ0v) is 24.7. The lowest BCUT2D eigenvalue weighted by Gasteiger charge is -2.38. The van der Waals surface area contributed by atoms with E-state index >= 15 is 0 Å². The van der Waals surface area contributed by atoms with Crippen LogP contribution in [0.15, 0.2) is 133 Å². The fourth-order valence-corrected chi connectivity index (χ4v) is 10.3. The van der Waals surface area contributed by atoms with E-state index in [0.29, 0.717) is 5.56 Å². The topological polar surface area (TPSA) is 96.6 Å². The number of carbonyl (C=O) groups excluding carboxylic acids is 2. The minimum atomic E-state index is -3.24. The zero-order chi connectivity index (χ0) is 30.2. The number of aliphatic hydroxyl groups is 1. The van der Waals surface area contributed by atoms with E-state index in [2.05, 4.69) is 6.07 Å². The van der Waals surface area contributed by atoms with Crippen LogP contribution in [0.4, 0.5) is 0 Å². The number of hydrogen-bond donors (Lipinski definition) is 1. The van der Waals surface area contributed by atoms with Crippen molar-refractivity contribution in [3.8, 4) is 6.07 Å². The van der Waals surface area contributed by atoms with Crippen molar-refractivity contribution in [3.63, 3.8) is 0 Å². The Kier molecular flexibility index (Phi) is 9.57. The summed E-state index contributed by atoms with van der Waals surface area (Å²) in [6.07, 6.45) is -0.0373. The van der Waals surface area contributed by atoms with Crippen molar-refractivity contribution < 1.29 is 24.2 Å². The fraction of sp³-hybridized carbons (Fsp3) is 0.171. The summed E-state index contributed by atoms with van der Waals surface area (Å²) in [7, 11) is -0.720. The zero-order valence-electron chi connectivity index (χ0n) is 23.8. The Morgan fingerprint density at radius 3 is 1.50 bits per heavy atom. The number of aliphatic hydroxyl groups excluding tert-OH is 1. The van der Waals surface area contributed by atoms with Crippen LogP contribution in [0.5, 0.6) is 0 Å². The molecule has 0 aliphatic carbocycles. The van der Waals surface area contributed by atoms with Crippen LogP contribution in [0, 0.1) is 17.2 Å². The Morgan fingerprint density at radius 1 is 0.762 bits per heavy atom. The lowest BCUT2D eigenvalue weighted by atomic mass is 9.67. The Balaban J connectivity index is 2.31. The fourth-order valence-electron chi connectivity index (χ4n) is 5.66. The van der Waals surface area contributed by atoms with Gasteiger partial charge in [-0.2, -0.15) is 5.26 Å². The number of esters is 1. The minimum Gasteiger partial charge on any atom is -0.478 e. The molecule has 7 heteroatoms. The van der Waals surface area contributed by atoms with E-state index in [-0.39, 0.29) is 11.7 Å². The maximum atomic E-state index is 14.2. The van der Waals surface area contributed by atoms with Gasteiger partial charge in [-0.3, -0.25) is 9.59 Å². The molecule has 1 N–H and O–H groups in total. The molecule has 0 aromatic heterocycles. The third-order valence-corrected chi connectivity index (χ3v) is 11.9. The molecule has 0 aliphatic rings. The number of methoxy groups -OCH3 is 2. The molecule has 6 nitrogen and oxygen atoms in total. The summed E-state index contributed by atoms with van der Waals surface area (Å²) in [6.45, 7) is 1.65. The van der Waals surface area contributed by atoms with Crippen LogP contribution in [0.25, 0.3) is 0 Å². The van der Waals surface area contributed by atoms with E-state index in [4.69, 9.17) is 9.47 Å². The van der Waals surface area contributed by atoms with Crippen molar-refractivity contribution >= 4 is 34.9 Å². The second kappa shape index (κ2) is 13.3. The quantitative estimate of drug-likeness (QED) is 0.142. The van der Waals surface area contributed by atoms with Gasteiger partial charge in [0.1, 0.15) is 23.2 Å². The van der Waals surface area contributed by atoms with Crippen molar-refractivity contribution in [3.05, 3.63) is 138 Å². The molecular formula is C35H33NO5P+. The normalized spacial score (nSPS) is 14.0. The van der Waals surface area contributed by atoms with Crippen LogP contribution in [0.1, 0.15) is 18.9 Å². The van der Waals surface area contributed by atoms with E-state index in [0.717, 1.165) is 15.9 Å². The predicted molar refractivity (Wildman–Crippen MR) is 166 cm³/mol. The summed E-state index contributed by atoms with van der Waals surface area (Å²) in [5.41, 5.74) is -1.72. The van der Waals surface area contributed by atoms with E-state index in [1.807, 2.05) is 91.0 Å². The number of nitriles is 1. The molecule has 4 rings (SSSR count). The van der Waals surface area contributed by atoms with Crippen LogP contribution in [0.3, 0.4) is 0 Å². The van der Waals surface area contributed by atoms with Crippen molar-refractivity contribution in [2.75, 3.05) is 14.2 Å². The summed E-state index contributed by atoms with van der Waals surface area (Å²) in [6, 6.07) is 39.3. The van der Waals surface area contributed by atoms with E-state index in [1.54, 1.807) is 37.3 Å². The summed E-state index contributed by atoms with van der Waals surface area (Å²) in [5, 5.41) is 25.4. The van der Waals surface area contributed by atoms with Gasteiger partial charge in [-0.05, 0) is 42.0 Å². The third-order valence-electron chi connectivity index (χ3n) is 7.51. The average molecular weight is 579 g/mol. The smallest absolute Gasteiger partial charge is 0.319 e. The number of carbonyl (C=O) groups is 2. The van der Waals surface area contributed by atoms with E-state index < -0.39 is 36.3 Å². The highest BCUT2D eigenvalue weighted by molar-refractivity contribution is 7.99. The van der Waals surface area contributed by atoms with Gasteiger partial charge >= 0.3 is 11.9 Å². The Morgan fingerprint density at radius 2 is 1.17 bits per heavy atom. The molecule has 0 saturated heterocycles. The summed E-state index contributed by atoms with van der Waals surface area (Å²) in [4.78, 5) is 28.3. The Hall–Kier alpha value is -4.72. The van der Waals surface area contributed by atoms with Crippen LogP contribution in [-0.4, -0.2) is 31.1 Å².